The van der Waals surface area contributed by atoms with Crippen molar-refractivity contribution in [2.24, 2.45) is 0 Å². The predicted molar refractivity (Wildman–Crippen MR) is 128 cm³/mol. The van der Waals surface area contributed by atoms with Crippen LogP contribution in [-0.4, -0.2) is 51.0 Å². The largest absolute Gasteiger partial charge is 0.492 e. The average molecular weight is 475 g/mol. The minimum Gasteiger partial charge on any atom is -0.492 e. The molecule has 1 atom stereocenters. The van der Waals surface area contributed by atoms with Gasteiger partial charge in [-0.1, -0.05) is 38.5 Å². The number of carbonyl (C=O) groups is 1. The summed E-state index contributed by atoms with van der Waals surface area (Å²) in [5, 5.41) is 2.81. The van der Waals surface area contributed by atoms with E-state index in [1.807, 2.05) is 24.3 Å². The van der Waals surface area contributed by atoms with Gasteiger partial charge in [-0.25, -0.2) is 8.42 Å². The van der Waals surface area contributed by atoms with Gasteiger partial charge in [-0.3, -0.25) is 4.79 Å². The molecule has 1 unspecified atom stereocenters. The lowest BCUT2D eigenvalue weighted by molar-refractivity contribution is -0.127. The van der Waals surface area contributed by atoms with E-state index in [9.17, 15) is 13.2 Å². The maximum Gasteiger partial charge on any atom is 0.260 e. The lowest BCUT2D eigenvalue weighted by Gasteiger charge is -2.25. The van der Waals surface area contributed by atoms with E-state index in [2.05, 4.69) is 19.2 Å². The Labute approximate surface area is 197 Å². The van der Waals surface area contributed by atoms with E-state index in [-0.39, 0.29) is 17.4 Å². The summed E-state index contributed by atoms with van der Waals surface area (Å²) in [6.07, 6.45) is 2.25. The Kier molecular flexibility index (Phi) is 8.74. The minimum absolute atomic E-state index is 0.222. The number of benzene rings is 2. The smallest absolute Gasteiger partial charge is 0.260 e. The SMILES string of the molecule is CC(Oc1ccccc1C(C)C)C(=O)NCCOc1ccc(S(=O)(=O)N2CCCCC2)cc1. The molecule has 1 fully saturated rings. The van der Waals surface area contributed by atoms with Gasteiger partial charge in [-0.15, -0.1) is 0 Å². The zero-order valence-corrected chi connectivity index (χ0v) is 20.4. The Morgan fingerprint density at radius 1 is 1.00 bits per heavy atom. The Bertz CT molecular complexity index is 1020. The summed E-state index contributed by atoms with van der Waals surface area (Å²) in [5.41, 5.74) is 1.06. The van der Waals surface area contributed by atoms with Gasteiger partial charge in [0.05, 0.1) is 11.4 Å². The summed E-state index contributed by atoms with van der Waals surface area (Å²) in [4.78, 5) is 12.7. The molecule has 2 aromatic carbocycles. The first-order chi connectivity index (χ1) is 15.8. The van der Waals surface area contributed by atoms with Crippen LogP contribution in [0.15, 0.2) is 53.4 Å². The minimum atomic E-state index is -3.45. The number of hydrogen-bond donors (Lipinski definition) is 1. The molecule has 0 spiro atoms. The van der Waals surface area contributed by atoms with Gasteiger partial charge in [-0.2, -0.15) is 4.31 Å². The topological polar surface area (TPSA) is 84.9 Å². The molecule has 1 aliphatic heterocycles. The summed E-state index contributed by atoms with van der Waals surface area (Å²) in [6, 6.07) is 14.2. The van der Waals surface area contributed by atoms with E-state index in [1.54, 1.807) is 35.5 Å². The van der Waals surface area contributed by atoms with Gasteiger partial charge < -0.3 is 14.8 Å². The molecule has 0 bridgehead atoms. The second-order valence-electron chi connectivity index (χ2n) is 8.53. The third kappa shape index (κ3) is 6.71. The van der Waals surface area contributed by atoms with Crippen LogP contribution in [0.25, 0.3) is 0 Å². The van der Waals surface area contributed by atoms with Gasteiger partial charge in [0, 0.05) is 13.1 Å². The lowest BCUT2D eigenvalue weighted by atomic mass is 10.0. The zero-order chi connectivity index (χ0) is 23.8. The quantitative estimate of drug-likeness (QED) is 0.527. The van der Waals surface area contributed by atoms with Crippen molar-refractivity contribution >= 4 is 15.9 Å². The number of piperidine rings is 1. The molecule has 1 amide bonds. The molecule has 2 aromatic rings. The van der Waals surface area contributed by atoms with Gasteiger partial charge in [0.2, 0.25) is 10.0 Å². The Morgan fingerprint density at radius 3 is 2.33 bits per heavy atom. The third-order valence-corrected chi connectivity index (χ3v) is 7.57. The molecule has 1 heterocycles. The monoisotopic (exact) mass is 474 g/mol. The number of amides is 1. The third-order valence-electron chi connectivity index (χ3n) is 5.66. The number of sulfonamides is 1. The van der Waals surface area contributed by atoms with E-state index < -0.39 is 16.1 Å². The number of ether oxygens (including phenoxy) is 2. The number of para-hydroxylation sites is 1. The van der Waals surface area contributed by atoms with Gasteiger partial charge in [-0.05, 0) is 61.6 Å². The van der Waals surface area contributed by atoms with Crippen molar-refractivity contribution in [1.29, 1.82) is 0 Å². The fourth-order valence-electron chi connectivity index (χ4n) is 3.76. The van der Waals surface area contributed by atoms with Crippen LogP contribution in [-0.2, 0) is 14.8 Å². The van der Waals surface area contributed by atoms with Gasteiger partial charge in [0.15, 0.2) is 6.10 Å². The summed E-state index contributed by atoms with van der Waals surface area (Å²) in [7, 11) is -3.45. The van der Waals surface area contributed by atoms with Crippen molar-refractivity contribution < 1.29 is 22.7 Å². The Morgan fingerprint density at radius 2 is 1.67 bits per heavy atom. The van der Waals surface area contributed by atoms with Gasteiger partial charge in [0.25, 0.3) is 5.91 Å². The molecule has 0 aromatic heterocycles. The molecule has 33 heavy (non-hydrogen) atoms. The Hall–Kier alpha value is -2.58. The van der Waals surface area contributed by atoms with E-state index in [4.69, 9.17) is 9.47 Å². The highest BCUT2D eigenvalue weighted by Crippen LogP contribution is 2.27. The van der Waals surface area contributed by atoms with Gasteiger partial charge in [0.1, 0.15) is 18.1 Å². The molecule has 8 heteroatoms. The first-order valence-electron chi connectivity index (χ1n) is 11.6. The van der Waals surface area contributed by atoms with E-state index in [1.165, 1.54) is 0 Å². The van der Waals surface area contributed by atoms with E-state index in [0.717, 1.165) is 24.8 Å². The fourth-order valence-corrected chi connectivity index (χ4v) is 5.27. The van der Waals surface area contributed by atoms with Crippen LogP contribution in [0.2, 0.25) is 0 Å². The standard InChI is InChI=1S/C25H34N2O5S/c1-19(2)23-9-5-6-10-24(23)32-20(3)25(28)26-15-18-31-21-11-13-22(14-12-21)33(29,30)27-16-7-4-8-17-27/h5-6,9-14,19-20H,4,7-8,15-18H2,1-3H3,(H,26,28). The first kappa shape index (κ1) is 25.1. The number of nitrogens with zero attached hydrogens (tertiary/aromatic N) is 1. The molecule has 0 radical (unpaired) electrons. The molecule has 7 nitrogen and oxygen atoms in total. The van der Waals surface area contributed by atoms with Crippen LogP contribution in [0.1, 0.15) is 51.5 Å². The van der Waals surface area contributed by atoms with Crippen molar-refractivity contribution in [3.05, 3.63) is 54.1 Å². The fraction of sp³-hybridized carbons (Fsp3) is 0.480. The highest BCUT2D eigenvalue weighted by molar-refractivity contribution is 7.89. The van der Waals surface area contributed by atoms with Crippen molar-refractivity contribution in [2.75, 3.05) is 26.2 Å². The van der Waals surface area contributed by atoms with Crippen LogP contribution in [0.3, 0.4) is 0 Å². The lowest BCUT2D eigenvalue weighted by Crippen LogP contribution is -2.38. The molecule has 0 aliphatic carbocycles. The molecule has 180 valence electrons. The van der Waals surface area contributed by atoms with Crippen molar-refractivity contribution in [3.63, 3.8) is 0 Å². The van der Waals surface area contributed by atoms with Crippen molar-refractivity contribution in [1.82, 2.24) is 9.62 Å². The second-order valence-corrected chi connectivity index (χ2v) is 10.5. The van der Waals surface area contributed by atoms with Crippen LogP contribution >= 0.6 is 0 Å². The second kappa shape index (κ2) is 11.5. The average Bonchev–Trinajstić information content (AvgIpc) is 2.82. The highest BCUT2D eigenvalue weighted by atomic mass is 32.2. The maximum absolute atomic E-state index is 12.7. The summed E-state index contributed by atoms with van der Waals surface area (Å²) in [6.45, 7) is 7.61. The Balaban J connectivity index is 1.44. The van der Waals surface area contributed by atoms with Crippen LogP contribution in [0.5, 0.6) is 11.5 Å². The number of nitrogens with one attached hydrogen (secondary N) is 1. The summed E-state index contributed by atoms with van der Waals surface area (Å²) >= 11 is 0. The number of hydrogen-bond acceptors (Lipinski definition) is 5. The van der Waals surface area contributed by atoms with E-state index >= 15 is 0 Å². The van der Waals surface area contributed by atoms with Gasteiger partial charge >= 0.3 is 0 Å². The summed E-state index contributed by atoms with van der Waals surface area (Å²) < 4.78 is 38.5. The molecule has 0 saturated carbocycles. The number of rotatable bonds is 10. The van der Waals surface area contributed by atoms with Crippen LogP contribution < -0.4 is 14.8 Å². The molecular formula is C25H34N2O5S. The predicted octanol–water partition coefficient (Wildman–Crippen LogP) is 3.95. The molecule has 1 saturated heterocycles. The molecular weight excluding hydrogens is 440 g/mol. The van der Waals surface area contributed by atoms with Crippen molar-refractivity contribution in [2.45, 2.75) is 57.0 Å². The van der Waals surface area contributed by atoms with Crippen LogP contribution in [0.4, 0.5) is 0 Å². The maximum atomic E-state index is 12.7. The normalized spacial score (nSPS) is 15.8. The molecule has 1 aliphatic rings. The summed E-state index contributed by atoms with van der Waals surface area (Å²) in [5.74, 6) is 1.34. The molecule has 3 rings (SSSR count). The first-order valence-corrected chi connectivity index (χ1v) is 13.0. The highest BCUT2D eigenvalue weighted by Gasteiger charge is 2.25. The zero-order valence-electron chi connectivity index (χ0n) is 19.6. The van der Waals surface area contributed by atoms with Crippen molar-refractivity contribution in [3.8, 4) is 11.5 Å². The molecule has 1 N–H and O–H groups in total. The van der Waals surface area contributed by atoms with E-state index in [0.29, 0.717) is 37.1 Å². The van der Waals surface area contributed by atoms with Crippen LogP contribution in [0, 0.1) is 0 Å². The number of carbonyl (C=O) groups excluding carboxylic acids is 1.